The van der Waals surface area contributed by atoms with Gasteiger partial charge in [0.2, 0.25) is 5.91 Å². The molecule has 8 heteroatoms. The number of benzene rings is 1. The van der Waals surface area contributed by atoms with Crippen LogP contribution in [0.5, 0.6) is 0 Å². The number of pyridine rings is 3. The van der Waals surface area contributed by atoms with Crippen molar-refractivity contribution in [2.45, 2.75) is 20.8 Å². The Balaban J connectivity index is 1.40. The van der Waals surface area contributed by atoms with Gasteiger partial charge in [-0.3, -0.25) is 19.9 Å². The molecule has 6 aromatic rings. The number of H-pyrrole nitrogens is 2. The third-order valence-corrected chi connectivity index (χ3v) is 6.33. The van der Waals surface area contributed by atoms with Crippen molar-refractivity contribution in [1.29, 1.82) is 0 Å². The second-order valence-electron chi connectivity index (χ2n) is 10.0. The van der Waals surface area contributed by atoms with Gasteiger partial charge < -0.3 is 10.3 Å². The molecule has 8 nitrogen and oxygen atoms in total. The quantitative estimate of drug-likeness (QED) is 0.273. The number of nitrogens with zero attached hydrogens (tertiary/aromatic N) is 4. The topological polar surface area (TPSA) is 112 Å². The highest BCUT2D eigenvalue weighted by Gasteiger charge is 2.21. The van der Waals surface area contributed by atoms with E-state index < -0.39 is 5.41 Å². The summed E-state index contributed by atoms with van der Waals surface area (Å²) < 4.78 is 0. The molecule has 1 aromatic carbocycles. The van der Waals surface area contributed by atoms with Crippen LogP contribution in [-0.4, -0.2) is 36.0 Å². The summed E-state index contributed by atoms with van der Waals surface area (Å²) in [7, 11) is 0. The number of hydrogen-bond acceptors (Lipinski definition) is 5. The van der Waals surface area contributed by atoms with Gasteiger partial charge in [0.05, 0.1) is 23.1 Å². The number of hydrogen-bond donors (Lipinski definition) is 3. The molecule has 0 saturated heterocycles. The van der Waals surface area contributed by atoms with Crippen LogP contribution in [0, 0.1) is 5.41 Å². The number of nitrogens with one attached hydrogen (secondary N) is 3. The van der Waals surface area contributed by atoms with Crippen LogP contribution >= 0.6 is 0 Å². The molecule has 0 atom stereocenters. The first-order chi connectivity index (χ1) is 17.9. The fraction of sp³-hybridized carbons (Fsp3) is 0.138. The molecule has 0 aliphatic carbocycles. The van der Waals surface area contributed by atoms with Crippen molar-refractivity contribution < 1.29 is 4.79 Å². The monoisotopic (exact) mass is 487 g/mol. The van der Waals surface area contributed by atoms with Gasteiger partial charge in [-0.15, -0.1) is 0 Å². The van der Waals surface area contributed by atoms with E-state index >= 15 is 0 Å². The zero-order chi connectivity index (χ0) is 25.6. The second kappa shape index (κ2) is 8.67. The van der Waals surface area contributed by atoms with Gasteiger partial charge in [-0.2, -0.15) is 5.10 Å². The van der Waals surface area contributed by atoms with Crippen LogP contribution in [0.2, 0.25) is 0 Å². The van der Waals surface area contributed by atoms with E-state index in [9.17, 15) is 4.79 Å². The van der Waals surface area contributed by atoms with Gasteiger partial charge in [0, 0.05) is 52.1 Å². The molecule has 0 bridgehead atoms. The minimum atomic E-state index is -0.494. The number of aromatic nitrogens is 6. The summed E-state index contributed by atoms with van der Waals surface area (Å²) in [6.07, 6.45) is 8.86. The first kappa shape index (κ1) is 22.6. The van der Waals surface area contributed by atoms with Crippen LogP contribution in [0.15, 0.2) is 79.5 Å². The average molecular weight is 488 g/mol. The van der Waals surface area contributed by atoms with Crippen molar-refractivity contribution in [2.24, 2.45) is 5.41 Å². The van der Waals surface area contributed by atoms with Crippen molar-refractivity contribution in [2.75, 3.05) is 5.32 Å². The Bertz CT molecular complexity index is 1760. The maximum Gasteiger partial charge on any atom is 0.229 e. The van der Waals surface area contributed by atoms with Crippen molar-refractivity contribution in [3.63, 3.8) is 0 Å². The predicted molar refractivity (Wildman–Crippen MR) is 146 cm³/mol. The van der Waals surface area contributed by atoms with E-state index in [0.717, 1.165) is 55.6 Å². The Labute approximate surface area is 213 Å². The number of anilines is 1. The molecule has 5 heterocycles. The standard InChI is InChI=1S/C29H25N7O/c1-29(2,3)28(37)33-20-11-19(15-31-16-20)17-6-7-24-23(12-17)26(36-35-24)25-13-22-21(8-10-32-27(22)34-25)18-5-4-9-30-14-18/h4-16H,1-3H3,(H,32,34)(H,33,37)(H,35,36). The summed E-state index contributed by atoms with van der Waals surface area (Å²) in [4.78, 5) is 29.0. The molecule has 6 rings (SSSR count). The summed E-state index contributed by atoms with van der Waals surface area (Å²) in [5.74, 6) is -0.0582. The van der Waals surface area contributed by atoms with E-state index in [1.165, 1.54) is 0 Å². The van der Waals surface area contributed by atoms with Crippen LogP contribution < -0.4 is 5.32 Å². The molecule has 3 N–H and O–H groups in total. The van der Waals surface area contributed by atoms with Gasteiger partial charge in [-0.05, 0) is 47.5 Å². The zero-order valence-corrected chi connectivity index (χ0v) is 20.7. The maximum atomic E-state index is 12.4. The molecular weight excluding hydrogens is 462 g/mol. The fourth-order valence-corrected chi connectivity index (χ4v) is 4.31. The number of amides is 1. The van der Waals surface area contributed by atoms with Gasteiger partial charge >= 0.3 is 0 Å². The SMILES string of the molecule is CC(C)(C)C(=O)Nc1cncc(-c2ccc3[nH]nc(-c4cc5c(-c6cccnc6)ccnc5[nH]4)c3c2)c1. The van der Waals surface area contributed by atoms with Crippen molar-refractivity contribution in [3.8, 4) is 33.6 Å². The Kier molecular flexibility index (Phi) is 5.30. The molecule has 0 saturated carbocycles. The Morgan fingerprint density at radius 3 is 2.54 bits per heavy atom. The molecule has 5 aromatic heterocycles. The lowest BCUT2D eigenvalue weighted by Crippen LogP contribution is -2.27. The third kappa shape index (κ3) is 4.23. The lowest BCUT2D eigenvalue weighted by Gasteiger charge is -2.17. The highest BCUT2D eigenvalue weighted by Crippen LogP contribution is 2.34. The molecule has 37 heavy (non-hydrogen) atoms. The minimum absolute atomic E-state index is 0.0582. The molecule has 182 valence electrons. The van der Waals surface area contributed by atoms with Gasteiger partial charge in [0.25, 0.3) is 0 Å². The smallest absolute Gasteiger partial charge is 0.229 e. The van der Waals surface area contributed by atoms with Gasteiger partial charge in [0.15, 0.2) is 0 Å². The molecule has 0 radical (unpaired) electrons. The molecule has 0 aliphatic heterocycles. The van der Waals surface area contributed by atoms with Gasteiger partial charge in [-0.1, -0.05) is 32.9 Å². The number of aromatic amines is 2. The van der Waals surface area contributed by atoms with Crippen LogP contribution in [0.1, 0.15) is 20.8 Å². The lowest BCUT2D eigenvalue weighted by atomic mass is 9.95. The van der Waals surface area contributed by atoms with E-state index in [-0.39, 0.29) is 5.91 Å². The number of carbonyl (C=O) groups excluding carboxylic acids is 1. The second-order valence-corrected chi connectivity index (χ2v) is 10.0. The third-order valence-electron chi connectivity index (χ3n) is 6.33. The van der Waals surface area contributed by atoms with Crippen molar-refractivity contribution >= 4 is 33.5 Å². The summed E-state index contributed by atoms with van der Waals surface area (Å²) in [6, 6.07) is 16.1. The normalized spacial score (nSPS) is 11.8. The van der Waals surface area contributed by atoms with E-state index in [1.54, 1.807) is 24.8 Å². The summed E-state index contributed by atoms with van der Waals surface area (Å²) in [5, 5.41) is 12.7. The Hall–Kier alpha value is -4.85. The van der Waals surface area contributed by atoms with Crippen LogP contribution in [0.4, 0.5) is 5.69 Å². The molecular formula is C29H25N7O. The number of carbonyl (C=O) groups is 1. The van der Waals surface area contributed by atoms with Crippen LogP contribution in [-0.2, 0) is 4.79 Å². The van der Waals surface area contributed by atoms with Crippen molar-refractivity contribution in [3.05, 3.63) is 79.5 Å². The van der Waals surface area contributed by atoms with Crippen molar-refractivity contribution in [1.82, 2.24) is 30.1 Å². The molecule has 1 amide bonds. The average Bonchev–Trinajstić information content (AvgIpc) is 3.52. The Morgan fingerprint density at radius 2 is 1.73 bits per heavy atom. The highest BCUT2D eigenvalue weighted by atomic mass is 16.2. The number of rotatable bonds is 4. The molecule has 0 fully saturated rings. The van der Waals surface area contributed by atoms with Crippen LogP contribution in [0.25, 0.3) is 55.6 Å². The van der Waals surface area contributed by atoms with Gasteiger partial charge in [-0.25, -0.2) is 4.98 Å². The number of fused-ring (bicyclic) bond motifs is 2. The van der Waals surface area contributed by atoms with Crippen LogP contribution in [0.3, 0.4) is 0 Å². The van der Waals surface area contributed by atoms with E-state index in [0.29, 0.717) is 5.69 Å². The summed E-state index contributed by atoms with van der Waals surface area (Å²) in [5.41, 5.74) is 7.50. The maximum absolute atomic E-state index is 12.4. The van der Waals surface area contributed by atoms with Gasteiger partial charge in [0.1, 0.15) is 11.3 Å². The lowest BCUT2D eigenvalue weighted by molar-refractivity contribution is -0.123. The highest BCUT2D eigenvalue weighted by molar-refractivity contribution is 6.01. The summed E-state index contributed by atoms with van der Waals surface area (Å²) in [6.45, 7) is 5.65. The largest absolute Gasteiger partial charge is 0.338 e. The molecule has 0 spiro atoms. The first-order valence-corrected chi connectivity index (χ1v) is 12.0. The minimum Gasteiger partial charge on any atom is -0.338 e. The van der Waals surface area contributed by atoms with E-state index in [1.807, 2.05) is 63.4 Å². The first-order valence-electron chi connectivity index (χ1n) is 12.0. The van der Waals surface area contributed by atoms with E-state index in [2.05, 4.69) is 47.6 Å². The van der Waals surface area contributed by atoms with E-state index in [4.69, 9.17) is 0 Å². The fourth-order valence-electron chi connectivity index (χ4n) is 4.31. The Morgan fingerprint density at radius 1 is 0.865 bits per heavy atom. The zero-order valence-electron chi connectivity index (χ0n) is 20.7. The summed E-state index contributed by atoms with van der Waals surface area (Å²) >= 11 is 0. The molecule has 0 unspecified atom stereocenters. The predicted octanol–water partition coefficient (Wildman–Crippen LogP) is 6.21. The molecule has 0 aliphatic rings.